The molecule has 0 bridgehead atoms. The Morgan fingerprint density at radius 3 is 3.12 bits per heavy atom. The third-order valence-corrected chi connectivity index (χ3v) is 4.15. The standard InChI is InChI=1S/C15H19FN4O3S/c1-21-15(24)17-7-12-8-20(10-22-12)11-2-3-14(13(16)6-11)19-4-5-23-18-9-19/h2-3,6,9,12H,4-5,7-8,10H2,1H3,(H,17,24)/t12-/m0/s1. The van der Waals surface area contributed by atoms with Gasteiger partial charge in [0, 0.05) is 18.8 Å². The van der Waals surface area contributed by atoms with Crippen LogP contribution in [0.25, 0.3) is 0 Å². The summed E-state index contributed by atoms with van der Waals surface area (Å²) in [6, 6.07) is 5.13. The lowest BCUT2D eigenvalue weighted by Crippen LogP contribution is -2.34. The van der Waals surface area contributed by atoms with Crippen molar-refractivity contribution in [3.63, 3.8) is 0 Å². The average Bonchev–Trinajstić information content (AvgIpc) is 3.09. The molecule has 0 amide bonds. The summed E-state index contributed by atoms with van der Waals surface area (Å²) in [5, 5.41) is 7.00. The molecule has 2 aliphatic heterocycles. The molecule has 0 saturated carbocycles. The number of hydrogen-bond donors (Lipinski definition) is 1. The van der Waals surface area contributed by atoms with Crippen LogP contribution in [0.4, 0.5) is 15.8 Å². The van der Waals surface area contributed by atoms with Crippen LogP contribution in [0.5, 0.6) is 0 Å². The lowest BCUT2D eigenvalue weighted by atomic mass is 10.2. The Labute approximate surface area is 144 Å². The second-order valence-corrected chi connectivity index (χ2v) is 5.77. The highest BCUT2D eigenvalue weighted by molar-refractivity contribution is 7.80. The smallest absolute Gasteiger partial charge is 0.256 e. The number of methoxy groups -OCH3 is 1. The molecule has 3 rings (SSSR count). The molecule has 1 atom stereocenters. The number of thiocarbonyl (C=S) groups is 1. The summed E-state index contributed by atoms with van der Waals surface area (Å²) in [5.74, 6) is -0.303. The third-order valence-electron chi connectivity index (χ3n) is 3.84. The van der Waals surface area contributed by atoms with Crippen molar-refractivity contribution in [2.75, 3.05) is 49.9 Å². The first-order valence-electron chi connectivity index (χ1n) is 7.57. The van der Waals surface area contributed by atoms with Gasteiger partial charge in [-0.2, -0.15) is 0 Å². The van der Waals surface area contributed by atoms with E-state index in [1.54, 1.807) is 11.0 Å². The van der Waals surface area contributed by atoms with Gasteiger partial charge in [-0.05, 0) is 30.4 Å². The monoisotopic (exact) mass is 354 g/mol. The van der Waals surface area contributed by atoms with E-state index in [4.69, 9.17) is 26.5 Å². The van der Waals surface area contributed by atoms with Crippen LogP contribution < -0.4 is 15.1 Å². The van der Waals surface area contributed by atoms with Crippen LogP contribution in [0.15, 0.2) is 23.4 Å². The molecule has 0 unspecified atom stereocenters. The lowest BCUT2D eigenvalue weighted by molar-refractivity contribution is 0.118. The maximum atomic E-state index is 14.4. The summed E-state index contributed by atoms with van der Waals surface area (Å²) >= 11 is 4.93. The average molecular weight is 354 g/mol. The van der Waals surface area contributed by atoms with Crippen molar-refractivity contribution in [1.29, 1.82) is 0 Å². The number of benzene rings is 1. The van der Waals surface area contributed by atoms with E-state index >= 15 is 0 Å². The van der Waals surface area contributed by atoms with Crippen LogP contribution in [-0.4, -0.2) is 57.7 Å². The van der Waals surface area contributed by atoms with Gasteiger partial charge >= 0.3 is 0 Å². The molecule has 1 aromatic carbocycles. The predicted octanol–water partition coefficient (Wildman–Crippen LogP) is 1.29. The number of hydrogen-bond acceptors (Lipinski definition) is 7. The number of ether oxygens (including phenoxy) is 2. The van der Waals surface area contributed by atoms with Crippen molar-refractivity contribution in [3.05, 3.63) is 24.0 Å². The molecule has 2 aliphatic rings. The van der Waals surface area contributed by atoms with E-state index in [1.165, 1.54) is 19.5 Å². The van der Waals surface area contributed by atoms with Gasteiger partial charge in [-0.1, -0.05) is 5.16 Å². The van der Waals surface area contributed by atoms with Crippen LogP contribution in [0.2, 0.25) is 0 Å². The van der Waals surface area contributed by atoms with Gasteiger partial charge in [0.05, 0.1) is 25.4 Å². The molecule has 1 aromatic rings. The molecule has 0 aromatic heterocycles. The molecule has 1 saturated heterocycles. The van der Waals surface area contributed by atoms with Gasteiger partial charge in [0.25, 0.3) is 5.17 Å². The highest BCUT2D eigenvalue weighted by Crippen LogP contribution is 2.27. The second-order valence-electron chi connectivity index (χ2n) is 5.40. The first-order valence-corrected chi connectivity index (χ1v) is 7.98. The lowest BCUT2D eigenvalue weighted by Gasteiger charge is -2.24. The van der Waals surface area contributed by atoms with Crippen LogP contribution >= 0.6 is 12.2 Å². The van der Waals surface area contributed by atoms with Gasteiger partial charge in [-0.15, -0.1) is 0 Å². The quantitative estimate of drug-likeness (QED) is 0.818. The van der Waals surface area contributed by atoms with Crippen molar-refractivity contribution in [3.8, 4) is 0 Å². The first kappa shape index (κ1) is 16.7. The normalized spacial score (nSPS) is 20.0. The Balaban J connectivity index is 1.61. The molecule has 7 nitrogen and oxygen atoms in total. The van der Waals surface area contributed by atoms with E-state index in [-0.39, 0.29) is 11.9 Å². The summed E-state index contributed by atoms with van der Waals surface area (Å²) in [5.41, 5.74) is 1.26. The van der Waals surface area contributed by atoms with Crippen molar-refractivity contribution in [2.24, 2.45) is 5.16 Å². The second kappa shape index (κ2) is 7.63. The van der Waals surface area contributed by atoms with Crippen LogP contribution in [0.3, 0.4) is 0 Å². The van der Waals surface area contributed by atoms with Crippen molar-refractivity contribution in [2.45, 2.75) is 6.10 Å². The Morgan fingerprint density at radius 1 is 1.54 bits per heavy atom. The Bertz CT molecular complexity index is 631. The fourth-order valence-corrected chi connectivity index (χ4v) is 2.65. The predicted molar refractivity (Wildman–Crippen MR) is 92.9 cm³/mol. The number of halogens is 1. The fraction of sp³-hybridized carbons (Fsp3) is 0.467. The maximum Gasteiger partial charge on any atom is 0.256 e. The van der Waals surface area contributed by atoms with Crippen LogP contribution in [0.1, 0.15) is 0 Å². The van der Waals surface area contributed by atoms with Gasteiger partial charge < -0.3 is 29.4 Å². The highest BCUT2D eigenvalue weighted by Gasteiger charge is 2.24. The number of anilines is 2. The molecule has 2 heterocycles. The number of oxime groups is 1. The highest BCUT2D eigenvalue weighted by atomic mass is 32.1. The zero-order chi connectivity index (χ0) is 16.9. The molecule has 24 heavy (non-hydrogen) atoms. The number of nitrogens with one attached hydrogen (secondary N) is 1. The Hall–Kier alpha value is -2.13. The minimum Gasteiger partial charge on any atom is -0.474 e. The summed E-state index contributed by atoms with van der Waals surface area (Å²) < 4.78 is 25.0. The molecule has 9 heteroatoms. The van der Waals surface area contributed by atoms with Gasteiger partial charge in [0.1, 0.15) is 25.5 Å². The molecule has 0 spiro atoms. The largest absolute Gasteiger partial charge is 0.474 e. The van der Waals surface area contributed by atoms with Gasteiger partial charge in [-0.25, -0.2) is 4.39 Å². The van der Waals surface area contributed by atoms with E-state index in [0.717, 1.165) is 5.69 Å². The van der Waals surface area contributed by atoms with E-state index in [1.807, 2.05) is 11.0 Å². The van der Waals surface area contributed by atoms with Crippen molar-refractivity contribution in [1.82, 2.24) is 5.32 Å². The Morgan fingerprint density at radius 2 is 2.42 bits per heavy atom. The van der Waals surface area contributed by atoms with Crippen LogP contribution in [0, 0.1) is 5.82 Å². The topological polar surface area (TPSA) is 58.6 Å². The first-order chi connectivity index (χ1) is 11.7. The van der Waals surface area contributed by atoms with Gasteiger partial charge in [0.15, 0.2) is 0 Å². The third kappa shape index (κ3) is 3.85. The van der Waals surface area contributed by atoms with Crippen molar-refractivity contribution >= 4 is 35.1 Å². The zero-order valence-corrected chi connectivity index (χ0v) is 14.1. The Kier molecular flexibility index (Phi) is 5.31. The van der Waals surface area contributed by atoms with E-state index in [2.05, 4.69) is 10.5 Å². The van der Waals surface area contributed by atoms with E-state index in [9.17, 15) is 4.39 Å². The fourth-order valence-electron chi connectivity index (χ4n) is 2.57. The molecule has 1 N–H and O–H groups in total. The molecule has 0 aliphatic carbocycles. The number of nitrogens with zero attached hydrogens (tertiary/aromatic N) is 3. The van der Waals surface area contributed by atoms with Crippen molar-refractivity contribution < 1.29 is 18.7 Å². The summed E-state index contributed by atoms with van der Waals surface area (Å²) in [6.07, 6.45) is 1.45. The SMILES string of the molecule is COC(=S)NC[C@H]1CN(c2ccc(N3C=NOCC3)c(F)c2)CO1. The zero-order valence-electron chi connectivity index (χ0n) is 13.3. The number of rotatable bonds is 4. The van der Waals surface area contributed by atoms with Crippen LogP contribution in [-0.2, 0) is 14.3 Å². The summed E-state index contributed by atoms with van der Waals surface area (Å²) in [7, 11) is 1.51. The summed E-state index contributed by atoms with van der Waals surface area (Å²) in [6.45, 7) is 2.62. The molecular formula is C15H19FN4O3S. The van der Waals surface area contributed by atoms with Gasteiger partial charge in [0.2, 0.25) is 0 Å². The molecule has 130 valence electrons. The van der Waals surface area contributed by atoms with E-state index in [0.29, 0.717) is 43.8 Å². The molecule has 0 radical (unpaired) electrons. The van der Waals surface area contributed by atoms with E-state index < -0.39 is 0 Å². The summed E-state index contributed by atoms with van der Waals surface area (Å²) in [4.78, 5) is 8.58. The minimum absolute atomic E-state index is 0.0350. The molecule has 1 fully saturated rings. The molecular weight excluding hydrogens is 335 g/mol. The maximum absolute atomic E-state index is 14.4. The minimum atomic E-state index is -0.303. The van der Waals surface area contributed by atoms with Gasteiger partial charge in [-0.3, -0.25) is 0 Å².